The van der Waals surface area contributed by atoms with Crippen LogP contribution < -0.4 is 4.74 Å². The van der Waals surface area contributed by atoms with E-state index in [0.29, 0.717) is 0 Å². The van der Waals surface area contributed by atoms with Crippen LogP contribution in [-0.4, -0.2) is 33.1 Å². The second kappa shape index (κ2) is 5.02. The molecule has 1 rings (SSSR count). The van der Waals surface area contributed by atoms with E-state index in [-0.39, 0.29) is 5.75 Å². The normalized spacial score (nSPS) is 11.9. The fourth-order valence-corrected chi connectivity index (χ4v) is 4.46. The third-order valence-corrected chi connectivity index (χ3v) is 4.84. The van der Waals surface area contributed by atoms with Crippen molar-refractivity contribution in [3.63, 3.8) is 0 Å². The van der Waals surface area contributed by atoms with Crippen LogP contribution in [0.2, 0.25) is 0 Å². The molecule has 0 radical (unpaired) electrons. The monoisotopic (exact) mass is 373 g/mol. The smallest absolute Gasteiger partial charge is 0.448 e. The van der Waals surface area contributed by atoms with Gasteiger partial charge in [0.1, 0.15) is 4.90 Å². The van der Waals surface area contributed by atoms with Crippen molar-refractivity contribution in [2.75, 3.05) is 7.11 Å². The lowest BCUT2D eigenvalue weighted by molar-refractivity contribution is 0.413. The zero-order valence-corrected chi connectivity index (χ0v) is 12.3. The van der Waals surface area contributed by atoms with Crippen LogP contribution in [-0.2, 0) is 20.2 Å². The van der Waals surface area contributed by atoms with E-state index in [1.807, 2.05) is 0 Å². The van der Waals surface area contributed by atoms with E-state index in [9.17, 15) is 16.8 Å². The number of benzene rings is 1. The molecule has 0 atom stereocenters. The summed E-state index contributed by atoms with van der Waals surface area (Å²) in [7, 11) is -9.04. The van der Waals surface area contributed by atoms with Gasteiger partial charge in [0, 0.05) is 10.5 Å². The molecule has 0 aliphatic heterocycles. The average molecular weight is 374 g/mol. The number of hydrogen-bond donors (Lipinski definition) is 2. The van der Waals surface area contributed by atoms with Gasteiger partial charge >= 0.3 is 15.8 Å². The molecule has 0 spiro atoms. The van der Waals surface area contributed by atoms with Gasteiger partial charge in [0.05, 0.1) is 7.11 Å². The van der Waals surface area contributed by atoms with Crippen LogP contribution in [0.25, 0.3) is 4.98 Å². The number of ether oxygens (including phenoxy) is 1. The Hall–Kier alpha value is -1.26. The molecular weight excluding hydrogens is 368 g/mol. The Morgan fingerprint density at radius 2 is 1.68 bits per heavy atom. The van der Waals surface area contributed by atoms with E-state index in [0.717, 1.165) is 13.2 Å². The van der Waals surface area contributed by atoms with Crippen molar-refractivity contribution >= 4 is 41.9 Å². The predicted octanol–water partition coefficient (Wildman–Crippen LogP) is 1.44. The molecule has 0 saturated carbocycles. The van der Waals surface area contributed by atoms with E-state index < -0.39 is 40.2 Å². The van der Waals surface area contributed by atoms with E-state index >= 15 is 0 Å². The summed E-state index contributed by atoms with van der Waals surface area (Å²) in [6.07, 6.45) is 0. The Labute approximate surface area is 116 Å². The maximum Gasteiger partial charge on any atom is 0.448 e. The Kier molecular flexibility index (Phi) is 4.17. The molecule has 1 aromatic rings. The Morgan fingerprint density at radius 3 is 2.00 bits per heavy atom. The summed E-state index contributed by atoms with van der Waals surface area (Å²) in [4.78, 5) is 0.0970. The van der Waals surface area contributed by atoms with Crippen LogP contribution >= 0.6 is 15.9 Å². The number of methoxy groups -OCH3 is 1. The molecule has 0 aliphatic carbocycles. The van der Waals surface area contributed by atoms with Crippen molar-refractivity contribution in [1.82, 2.24) is 0 Å². The van der Waals surface area contributed by atoms with Gasteiger partial charge in [-0.15, -0.1) is 0 Å². The van der Waals surface area contributed by atoms with Crippen molar-refractivity contribution in [3.8, 4) is 5.75 Å². The molecule has 19 heavy (non-hydrogen) atoms. The molecule has 0 amide bonds. The van der Waals surface area contributed by atoms with Crippen molar-refractivity contribution in [1.29, 1.82) is 5.39 Å². The first kappa shape index (κ1) is 15.8. The lowest BCUT2D eigenvalue weighted by Gasteiger charge is -2.06. The number of diazo groups is 1. The van der Waals surface area contributed by atoms with Crippen LogP contribution in [0.15, 0.2) is 20.3 Å². The van der Waals surface area contributed by atoms with Gasteiger partial charge < -0.3 is 4.74 Å². The van der Waals surface area contributed by atoms with Gasteiger partial charge in [0.2, 0.25) is 16.0 Å². The molecular formula is C7H6BrN2O7S2+. The molecule has 0 aromatic heterocycles. The third kappa shape index (κ3) is 3.01. The van der Waals surface area contributed by atoms with Gasteiger partial charge in [-0.25, -0.2) is 0 Å². The molecule has 0 saturated heterocycles. The molecule has 104 valence electrons. The topological polar surface area (TPSA) is 146 Å². The largest absolute Gasteiger partial charge is 0.489 e. The highest BCUT2D eigenvalue weighted by Gasteiger charge is 2.39. The minimum atomic E-state index is -5.12. The van der Waals surface area contributed by atoms with Crippen molar-refractivity contribution < 1.29 is 30.7 Å². The zero-order chi connectivity index (χ0) is 15.0. The van der Waals surface area contributed by atoms with Gasteiger partial charge in [0.15, 0.2) is 4.98 Å². The van der Waals surface area contributed by atoms with Gasteiger partial charge in [-0.3, -0.25) is 9.11 Å². The first-order valence-electron chi connectivity index (χ1n) is 4.24. The standard InChI is InChI=1S/C7H5BrN2O7S2/c1-17-4-2-3(8)6(18(11,12)13)7(5(4)10-9)19(14,15)16/h2H,1H3,(H-,11,12,13,14,15,16)/p+1. The summed E-state index contributed by atoms with van der Waals surface area (Å²) < 4.78 is 67.1. The van der Waals surface area contributed by atoms with Crippen molar-refractivity contribution in [2.24, 2.45) is 0 Å². The SMILES string of the molecule is COc1cc(Br)c(S(=O)(=O)O)c(S(=O)(=O)O)c1[N+]#N. The van der Waals surface area contributed by atoms with Gasteiger partial charge in [-0.05, 0) is 15.9 Å². The number of hydrogen-bond acceptors (Lipinski definition) is 6. The second-order valence-corrected chi connectivity index (χ2v) is 6.69. The predicted molar refractivity (Wildman–Crippen MR) is 65.1 cm³/mol. The highest BCUT2D eigenvalue weighted by Crippen LogP contribution is 2.43. The second-order valence-electron chi connectivity index (χ2n) is 3.12. The van der Waals surface area contributed by atoms with Gasteiger partial charge in [-0.2, -0.15) is 16.8 Å². The van der Waals surface area contributed by atoms with Gasteiger partial charge in [0.25, 0.3) is 10.1 Å². The third-order valence-electron chi connectivity index (χ3n) is 1.97. The van der Waals surface area contributed by atoms with Crippen LogP contribution in [0.5, 0.6) is 5.75 Å². The van der Waals surface area contributed by atoms with Crippen LogP contribution in [0, 0.1) is 5.39 Å². The molecule has 2 N–H and O–H groups in total. The fraction of sp³-hybridized carbons (Fsp3) is 0.143. The molecule has 0 aliphatic rings. The first-order chi connectivity index (χ1) is 8.54. The Bertz CT molecular complexity index is 779. The van der Waals surface area contributed by atoms with E-state index in [1.165, 1.54) is 0 Å². The van der Waals surface area contributed by atoms with E-state index in [2.05, 4.69) is 25.6 Å². The average Bonchev–Trinajstić information content (AvgIpc) is 2.24. The molecule has 9 nitrogen and oxygen atoms in total. The maximum absolute atomic E-state index is 11.2. The Morgan fingerprint density at radius 1 is 1.21 bits per heavy atom. The zero-order valence-electron chi connectivity index (χ0n) is 9.10. The lowest BCUT2D eigenvalue weighted by atomic mass is 10.3. The van der Waals surface area contributed by atoms with Crippen molar-refractivity contribution in [3.05, 3.63) is 15.5 Å². The highest BCUT2D eigenvalue weighted by molar-refractivity contribution is 9.10. The molecule has 0 bridgehead atoms. The Balaban J connectivity index is 4.14. The lowest BCUT2D eigenvalue weighted by Crippen LogP contribution is -2.10. The van der Waals surface area contributed by atoms with E-state index in [4.69, 9.17) is 14.5 Å². The maximum atomic E-state index is 11.2. The molecule has 12 heteroatoms. The summed E-state index contributed by atoms with van der Waals surface area (Å²) in [5, 5.41) is 8.75. The summed E-state index contributed by atoms with van der Waals surface area (Å²) in [6.45, 7) is 0. The van der Waals surface area contributed by atoms with Crippen LogP contribution in [0.1, 0.15) is 0 Å². The van der Waals surface area contributed by atoms with E-state index in [1.54, 1.807) is 0 Å². The summed E-state index contributed by atoms with van der Waals surface area (Å²) >= 11 is 2.71. The van der Waals surface area contributed by atoms with Crippen LogP contribution in [0.4, 0.5) is 5.69 Å². The highest BCUT2D eigenvalue weighted by atomic mass is 79.9. The first-order valence-corrected chi connectivity index (χ1v) is 7.92. The molecule has 0 heterocycles. The van der Waals surface area contributed by atoms with Crippen molar-refractivity contribution in [2.45, 2.75) is 9.79 Å². The van der Waals surface area contributed by atoms with Gasteiger partial charge in [-0.1, -0.05) is 0 Å². The quantitative estimate of drug-likeness (QED) is 0.597. The number of rotatable bonds is 3. The summed E-state index contributed by atoms with van der Waals surface area (Å²) in [6, 6.07) is 0.951. The number of nitrogens with zero attached hydrogens (tertiary/aromatic N) is 2. The molecule has 0 fully saturated rings. The fourth-order valence-electron chi connectivity index (χ4n) is 1.31. The molecule has 1 aromatic carbocycles. The minimum Gasteiger partial charge on any atom is -0.489 e. The summed E-state index contributed by atoms with van der Waals surface area (Å²) in [5.41, 5.74) is -0.860. The molecule has 0 unspecified atom stereocenters. The van der Waals surface area contributed by atoms with Crippen LogP contribution in [0.3, 0.4) is 0 Å². The summed E-state index contributed by atoms with van der Waals surface area (Å²) in [5.74, 6) is -0.339. The minimum absolute atomic E-state index is 0.339. The number of halogens is 1.